The number of likely N-dealkylation sites (tertiary alicyclic amines) is 2. The Morgan fingerprint density at radius 3 is 2.23 bits per heavy atom. The number of carbonyl (C=O) groups is 3. The predicted molar refractivity (Wildman–Crippen MR) is 147 cm³/mol. The highest BCUT2D eigenvalue weighted by atomic mass is 35.5. The first-order valence-electron chi connectivity index (χ1n) is 14.3. The monoisotopic (exact) mass is 584 g/mol. The van der Waals surface area contributed by atoms with Crippen LogP contribution in [0.1, 0.15) is 64.4 Å². The van der Waals surface area contributed by atoms with Crippen LogP contribution in [0.4, 0.5) is 18.0 Å². The van der Waals surface area contributed by atoms with Crippen molar-refractivity contribution in [2.45, 2.75) is 77.1 Å². The zero-order valence-corrected chi connectivity index (χ0v) is 24.2. The van der Waals surface area contributed by atoms with Gasteiger partial charge in [-0.15, -0.1) is 0 Å². The molecule has 1 aromatic rings. The summed E-state index contributed by atoms with van der Waals surface area (Å²) in [5.41, 5.74) is 0.803. The van der Waals surface area contributed by atoms with Crippen molar-refractivity contribution < 1.29 is 27.6 Å². The Morgan fingerprint density at radius 1 is 0.975 bits per heavy atom. The van der Waals surface area contributed by atoms with Crippen LogP contribution in [0.2, 0.25) is 5.02 Å². The zero-order valence-electron chi connectivity index (χ0n) is 23.4. The standard InChI is InChI=1S/C29H40ClF3N4O3/c1-18(2)26(38)37(22-10-4-19(3)5-11-22)23-12-13-35(14-23)27(39)25-16-36(28(40)34-17-29(31,32)33)15-24(25)20-6-8-21(30)9-7-20/h6-9,18-19,22-25H,4-5,10-17H2,1-3H3,(H,34,40)/t19?,22?,23-,24-,25+/m0/s1. The summed E-state index contributed by atoms with van der Waals surface area (Å²) in [6, 6.07) is 6.26. The van der Waals surface area contributed by atoms with Crippen LogP contribution in [-0.4, -0.2) is 83.5 Å². The van der Waals surface area contributed by atoms with E-state index in [9.17, 15) is 27.6 Å². The van der Waals surface area contributed by atoms with Gasteiger partial charge < -0.3 is 20.0 Å². The fourth-order valence-corrected chi connectivity index (χ4v) is 6.56. The number of amides is 4. The summed E-state index contributed by atoms with van der Waals surface area (Å²) in [5, 5.41) is 2.46. The highest BCUT2D eigenvalue weighted by molar-refractivity contribution is 6.30. The van der Waals surface area contributed by atoms with E-state index in [1.165, 1.54) is 4.90 Å². The van der Waals surface area contributed by atoms with E-state index in [-0.39, 0.29) is 48.8 Å². The van der Waals surface area contributed by atoms with Crippen molar-refractivity contribution in [1.29, 1.82) is 0 Å². The van der Waals surface area contributed by atoms with Gasteiger partial charge in [0, 0.05) is 49.1 Å². The van der Waals surface area contributed by atoms with Gasteiger partial charge in [-0.2, -0.15) is 13.2 Å². The summed E-state index contributed by atoms with van der Waals surface area (Å²) in [6.45, 7) is 5.69. The SMILES string of the molecule is CC1CCC(N(C(=O)C(C)C)[C@H]2CCN(C(=O)[C@@H]3CN(C(=O)NCC(F)(F)F)C[C@H]3c3ccc(Cl)cc3)C2)CC1. The molecule has 0 radical (unpaired) electrons. The second-order valence-electron chi connectivity index (χ2n) is 12.0. The minimum Gasteiger partial charge on any atom is -0.340 e. The summed E-state index contributed by atoms with van der Waals surface area (Å²) < 4.78 is 38.2. The molecule has 1 aromatic carbocycles. The van der Waals surface area contributed by atoms with Crippen molar-refractivity contribution in [3.63, 3.8) is 0 Å². The van der Waals surface area contributed by atoms with Gasteiger partial charge in [0.2, 0.25) is 11.8 Å². The molecule has 0 bridgehead atoms. The average Bonchev–Trinajstić information content (AvgIpc) is 3.56. The molecule has 11 heteroatoms. The third-order valence-corrected chi connectivity index (χ3v) is 8.91. The van der Waals surface area contributed by atoms with Crippen LogP contribution >= 0.6 is 11.6 Å². The maximum absolute atomic E-state index is 13.9. The van der Waals surface area contributed by atoms with E-state index in [4.69, 9.17) is 11.6 Å². The van der Waals surface area contributed by atoms with Crippen LogP contribution in [0.5, 0.6) is 0 Å². The third kappa shape index (κ3) is 7.22. The summed E-state index contributed by atoms with van der Waals surface area (Å²) in [4.78, 5) is 45.0. The Morgan fingerprint density at radius 2 is 1.62 bits per heavy atom. The first-order chi connectivity index (χ1) is 18.8. The number of urea groups is 1. The maximum atomic E-state index is 13.9. The topological polar surface area (TPSA) is 73.0 Å². The lowest BCUT2D eigenvalue weighted by Crippen LogP contribution is -2.51. The van der Waals surface area contributed by atoms with E-state index in [1.807, 2.05) is 24.1 Å². The van der Waals surface area contributed by atoms with Crippen molar-refractivity contribution in [3.05, 3.63) is 34.9 Å². The molecule has 0 unspecified atom stereocenters. The lowest BCUT2D eigenvalue weighted by Gasteiger charge is -2.41. The number of hydrogen-bond donors (Lipinski definition) is 1. The minimum absolute atomic E-state index is 0.0200. The highest BCUT2D eigenvalue weighted by Gasteiger charge is 2.45. The van der Waals surface area contributed by atoms with Crippen LogP contribution in [0.25, 0.3) is 0 Å². The number of nitrogens with zero attached hydrogens (tertiary/aromatic N) is 3. The van der Waals surface area contributed by atoms with E-state index in [2.05, 4.69) is 6.92 Å². The first kappa shape index (κ1) is 30.5. The van der Waals surface area contributed by atoms with Crippen molar-refractivity contribution in [2.24, 2.45) is 17.8 Å². The minimum atomic E-state index is -4.53. The smallest absolute Gasteiger partial charge is 0.340 e. The fourth-order valence-electron chi connectivity index (χ4n) is 6.44. The Bertz CT molecular complexity index is 1060. The number of hydrogen-bond acceptors (Lipinski definition) is 3. The summed E-state index contributed by atoms with van der Waals surface area (Å²) in [5.74, 6) is -0.501. The predicted octanol–water partition coefficient (Wildman–Crippen LogP) is 5.29. The molecule has 0 aromatic heterocycles. The third-order valence-electron chi connectivity index (χ3n) is 8.66. The molecule has 0 spiro atoms. The summed E-state index contributed by atoms with van der Waals surface area (Å²) in [7, 11) is 0. The van der Waals surface area contributed by atoms with Crippen molar-refractivity contribution >= 4 is 29.4 Å². The molecule has 40 heavy (non-hydrogen) atoms. The second-order valence-corrected chi connectivity index (χ2v) is 12.4. The van der Waals surface area contributed by atoms with Gasteiger partial charge in [-0.25, -0.2) is 4.79 Å². The van der Waals surface area contributed by atoms with Gasteiger partial charge in [0.1, 0.15) is 6.54 Å². The molecule has 3 aliphatic rings. The normalized spacial score (nSPS) is 27.2. The van der Waals surface area contributed by atoms with Crippen molar-refractivity contribution in [1.82, 2.24) is 20.0 Å². The number of nitrogens with one attached hydrogen (secondary N) is 1. The van der Waals surface area contributed by atoms with E-state index in [1.54, 1.807) is 29.2 Å². The zero-order chi connectivity index (χ0) is 29.2. The van der Waals surface area contributed by atoms with E-state index < -0.39 is 24.7 Å². The second kappa shape index (κ2) is 12.6. The van der Waals surface area contributed by atoms with Crippen LogP contribution in [-0.2, 0) is 9.59 Å². The molecule has 2 aliphatic heterocycles. The molecule has 2 heterocycles. The van der Waals surface area contributed by atoms with Gasteiger partial charge in [0.15, 0.2) is 0 Å². The van der Waals surface area contributed by atoms with Gasteiger partial charge in [-0.1, -0.05) is 44.5 Å². The van der Waals surface area contributed by atoms with E-state index in [0.29, 0.717) is 30.5 Å². The molecule has 222 valence electrons. The number of benzene rings is 1. The Hall–Kier alpha value is -2.49. The van der Waals surface area contributed by atoms with Crippen LogP contribution in [0.15, 0.2) is 24.3 Å². The molecule has 4 rings (SSSR count). The van der Waals surface area contributed by atoms with Crippen molar-refractivity contribution in [2.75, 3.05) is 32.7 Å². The van der Waals surface area contributed by atoms with Crippen LogP contribution in [0, 0.1) is 17.8 Å². The summed E-state index contributed by atoms with van der Waals surface area (Å²) in [6.07, 6.45) is 0.253. The number of alkyl halides is 3. The molecule has 3 atom stereocenters. The van der Waals surface area contributed by atoms with Gasteiger partial charge in [-0.05, 0) is 55.7 Å². The number of carbonyl (C=O) groups excluding carboxylic acids is 3. The Balaban J connectivity index is 1.50. The molecule has 2 saturated heterocycles. The molecular formula is C29H40ClF3N4O3. The average molecular weight is 585 g/mol. The van der Waals surface area contributed by atoms with Gasteiger partial charge in [0.05, 0.1) is 12.0 Å². The lowest BCUT2D eigenvalue weighted by molar-refractivity contribution is -0.142. The lowest BCUT2D eigenvalue weighted by atomic mass is 9.85. The quantitative estimate of drug-likeness (QED) is 0.494. The number of halogens is 4. The van der Waals surface area contributed by atoms with Crippen LogP contribution < -0.4 is 5.32 Å². The Kier molecular flexibility index (Phi) is 9.58. The molecule has 4 amide bonds. The first-order valence-corrected chi connectivity index (χ1v) is 14.7. The van der Waals surface area contributed by atoms with Gasteiger partial charge in [-0.3, -0.25) is 9.59 Å². The van der Waals surface area contributed by atoms with Gasteiger partial charge in [0.25, 0.3) is 0 Å². The Labute approximate surface area is 239 Å². The molecule has 1 saturated carbocycles. The molecular weight excluding hydrogens is 545 g/mol. The van der Waals surface area contributed by atoms with E-state index >= 15 is 0 Å². The maximum Gasteiger partial charge on any atom is 0.405 e. The largest absolute Gasteiger partial charge is 0.405 e. The van der Waals surface area contributed by atoms with E-state index in [0.717, 1.165) is 31.2 Å². The van der Waals surface area contributed by atoms with Gasteiger partial charge >= 0.3 is 12.2 Å². The molecule has 7 nitrogen and oxygen atoms in total. The summed E-state index contributed by atoms with van der Waals surface area (Å²) >= 11 is 6.06. The van der Waals surface area contributed by atoms with Crippen molar-refractivity contribution in [3.8, 4) is 0 Å². The number of rotatable bonds is 6. The van der Waals surface area contributed by atoms with Crippen LogP contribution in [0.3, 0.4) is 0 Å². The molecule has 1 aliphatic carbocycles. The fraction of sp³-hybridized carbons (Fsp3) is 0.690. The molecule has 3 fully saturated rings. The highest BCUT2D eigenvalue weighted by Crippen LogP contribution is 2.37. The molecule has 1 N–H and O–H groups in total.